The first kappa shape index (κ1) is 12.0. The molecule has 0 saturated heterocycles. The van der Waals surface area contributed by atoms with Crippen LogP contribution in [0.25, 0.3) is 11.0 Å². The van der Waals surface area contributed by atoms with Crippen LogP contribution in [0.5, 0.6) is 0 Å². The molecule has 0 unspecified atom stereocenters. The van der Waals surface area contributed by atoms with Gasteiger partial charge in [-0.2, -0.15) is 0 Å². The molecule has 1 aliphatic rings. The van der Waals surface area contributed by atoms with E-state index in [9.17, 15) is 0 Å². The SMILES string of the molecule is CCn1c(CC2(N)CCC2)nc2ccc(Cl)cc21. The Morgan fingerprint density at radius 3 is 2.83 bits per heavy atom. The number of hydrogen-bond acceptors (Lipinski definition) is 2. The van der Waals surface area contributed by atoms with Crippen molar-refractivity contribution in [2.45, 2.75) is 44.7 Å². The molecular formula is C14H18ClN3. The largest absolute Gasteiger partial charge is 0.328 e. The van der Waals surface area contributed by atoms with Crippen molar-refractivity contribution in [3.8, 4) is 0 Å². The van der Waals surface area contributed by atoms with Gasteiger partial charge in [0.2, 0.25) is 0 Å². The zero-order chi connectivity index (χ0) is 12.8. The second kappa shape index (κ2) is 4.25. The molecule has 2 N–H and O–H groups in total. The van der Waals surface area contributed by atoms with Gasteiger partial charge < -0.3 is 10.3 Å². The molecule has 0 aliphatic heterocycles. The number of benzene rings is 1. The van der Waals surface area contributed by atoms with E-state index in [1.807, 2.05) is 18.2 Å². The van der Waals surface area contributed by atoms with Gasteiger partial charge in [0.05, 0.1) is 11.0 Å². The molecule has 0 bridgehead atoms. The molecule has 1 aromatic carbocycles. The number of hydrogen-bond donors (Lipinski definition) is 1. The Bertz CT molecular complexity index is 584. The van der Waals surface area contributed by atoms with Crippen molar-refractivity contribution < 1.29 is 0 Å². The molecule has 0 spiro atoms. The van der Waals surface area contributed by atoms with Crippen LogP contribution < -0.4 is 5.73 Å². The monoisotopic (exact) mass is 263 g/mol. The lowest BCUT2D eigenvalue weighted by Gasteiger charge is -2.37. The number of halogens is 1. The highest BCUT2D eigenvalue weighted by Gasteiger charge is 2.34. The van der Waals surface area contributed by atoms with Gasteiger partial charge in [0, 0.05) is 23.5 Å². The molecule has 3 nitrogen and oxygen atoms in total. The number of aromatic nitrogens is 2. The van der Waals surface area contributed by atoms with E-state index >= 15 is 0 Å². The standard InChI is InChI=1S/C14H18ClN3/c1-2-18-12-8-10(15)4-5-11(12)17-13(18)9-14(16)6-3-7-14/h4-5,8H,2-3,6-7,9,16H2,1H3. The average molecular weight is 264 g/mol. The Morgan fingerprint density at radius 2 is 2.22 bits per heavy atom. The van der Waals surface area contributed by atoms with E-state index in [0.717, 1.165) is 47.7 Å². The Labute approximate surface area is 112 Å². The minimum Gasteiger partial charge on any atom is -0.328 e. The minimum absolute atomic E-state index is 0.0297. The highest BCUT2D eigenvalue weighted by atomic mass is 35.5. The van der Waals surface area contributed by atoms with Gasteiger partial charge in [0.15, 0.2) is 0 Å². The van der Waals surface area contributed by atoms with Crippen LogP contribution in [0.1, 0.15) is 32.0 Å². The molecular weight excluding hydrogens is 246 g/mol. The number of aryl methyl sites for hydroxylation is 1. The average Bonchev–Trinajstić information content (AvgIpc) is 2.63. The Balaban J connectivity index is 2.05. The van der Waals surface area contributed by atoms with Crippen molar-refractivity contribution in [2.75, 3.05) is 0 Å². The maximum absolute atomic E-state index is 6.33. The lowest BCUT2D eigenvalue weighted by atomic mass is 9.75. The molecule has 0 amide bonds. The van der Waals surface area contributed by atoms with Gasteiger partial charge in [-0.15, -0.1) is 0 Å². The number of nitrogens with zero attached hydrogens (tertiary/aromatic N) is 2. The highest BCUT2D eigenvalue weighted by Crippen LogP contribution is 2.33. The molecule has 0 atom stereocenters. The number of fused-ring (bicyclic) bond motifs is 1. The van der Waals surface area contributed by atoms with Crippen molar-refractivity contribution in [1.82, 2.24) is 9.55 Å². The third kappa shape index (κ3) is 1.91. The fourth-order valence-electron chi connectivity index (χ4n) is 2.76. The molecule has 1 aliphatic carbocycles. The molecule has 3 rings (SSSR count). The van der Waals surface area contributed by atoms with Crippen LogP contribution in [0.3, 0.4) is 0 Å². The number of imidazole rings is 1. The van der Waals surface area contributed by atoms with Crippen molar-refractivity contribution in [2.24, 2.45) is 5.73 Å². The summed E-state index contributed by atoms with van der Waals surface area (Å²) in [6.45, 7) is 3.04. The molecule has 1 heterocycles. The topological polar surface area (TPSA) is 43.8 Å². The second-order valence-electron chi connectivity index (χ2n) is 5.30. The van der Waals surface area contributed by atoms with Crippen LogP contribution >= 0.6 is 11.6 Å². The lowest BCUT2D eigenvalue weighted by molar-refractivity contribution is 0.241. The third-order valence-corrected chi connectivity index (χ3v) is 4.20. The summed E-state index contributed by atoms with van der Waals surface area (Å²) in [5.74, 6) is 1.09. The molecule has 1 saturated carbocycles. The van der Waals surface area contributed by atoms with E-state index < -0.39 is 0 Å². The van der Waals surface area contributed by atoms with Crippen LogP contribution in [0.2, 0.25) is 5.02 Å². The zero-order valence-electron chi connectivity index (χ0n) is 10.6. The first-order chi connectivity index (χ1) is 8.61. The molecule has 1 aromatic heterocycles. The van der Waals surface area contributed by atoms with Crippen LogP contribution in [0, 0.1) is 0 Å². The van der Waals surface area contributed by atoms with Gasteiger partial charge >= 0.3 is 0 Å². The van der Waals surface area contributed by atoms with E-state index in [2.05, 4.69) is 11.5 Å². The lowest BCUT2D eigenvalue weighted by Crippen LogP contribution is -2.48. The molecule has 0 radical (unpaired) electrons. The Hall–Kier alpha value is -1.06. The summed E-state index contributed by atoms with van der Waals surface area (Å²) in [5.41, 5.74) is 8.43. The van der Waals surface area contributed by atoms with Crippen LogP contribution in [0.15, 0.2) is 18.2 Å². The number of rotatable bonds is 3. The van der Waals surface area contributed by atoms with Gasteiger partial charge in [0.1, 0.15) is 5.82 Å². The minimum atomic E-state index is -0.0297. The maximum Gasteiger partial charge on any atom is 0.111 e. The van der Waals surface area contributed by atoms with E-state index in [1.54, 1.807) is 0 Å². The molecule has 1 fully saturated rings. The predicted molar refractivity (Wildman–Crippen MR) is 74.9 cm³/mol. The Kier molecular flexibility index (Phi) is 2.83. The first-order valence-electron chi connectivity index (χ1n) is 6.55. The van der Waals surface area contributed by atoms with E-state index in [-0.39, 0.29) is 5.54 Å². The number of nitrogens with two attached hydrogens (primary N) is 1. The highest BCUT2D eigenvalue weighted by molar-refractivity contribution is 6.31. The first-order valence-corrected chi connectivity index (χ1v) is 6.93. The van der Waals surface area contributed by atoms with Crippen molar-refractivity contribution >= 4 is 22.6 Å². The quantitative estimate of drug-likeness (QED) is 0.925. The fraction of sp³-hybridized carbons (Fsp3) is 0.500. The van der Waals surface area contributed by atoms with Crippen molar-refractivity contribution in [3.05, 3.63) is 29.0 Å². The summed E-state index contributed by atoms with van der Waals surface area (Å²) in [6.07, 6.45) is 4.34. The molecule has 2 aromatic rings. The second-order valence-corrected chi connectivity index (χ2v) is 5.73. The van der Waals surface area contributed by atoms with E-state index in [0.29, 0.717) is 0 Å². The van der Waals surface area contributed by atoms with E-state index in [1.165, 1.54) is 6.42 Å². The zero-order valence-corrected chi connectivity index (χ0v) is 11.4. The summed E-state index contributed by atoms with van der Waals surface area (Å²) in [5, 5.41) is 0.759. The van der Waals surface area contributed by atoms with Crippen LogP contribution in [-0.2, 0) is 13.0 Å². The van der Waals surface area contributed by atoms with E-state index in [4.69, 9.17) is 22.3 Å². The summed E-state index contributed by atoms with van der Waals surface area (Å²) in [6, 6.07) is 5.86. The summed E-state index contributed by atoms with van der Waals surface area (Å²) < 4.78 is 2.23. The van der Waals surface area contributed by atoms with Gasteiger partial charge in [-0.05, 0) is 44.4 Å². The van der Waals surface area contributed by atoms with Crippen LogP contribution in [0.4, 0.5) is 0 Å². The fourth-order valence-corrected chi connectivity index (χ4v) is 2.92. The third-order valence-electron chi connectivity index (χ3n) is 3.97. The van der Waals surface area contributed by atoms with Crippen LogP contribution in [-0.4, -0.2) is 15.1 Å². The van der Waals surface area contributed by atoms with Crippen molar-refractivity contribution in [1.29, 1.82) is 0 Å². The normalized spacial score (nSPS) is 17.9. The molecule has 18 heavy (non-hydrogen) atoms. The Morgan fingerprint density at radius 1 is 1.44 bits per heavy atom. The predicted octanol–water partition coefficient (Wildman–Crippen LogP) is 3.13. The summed E-state index contributed by atoms with van der Waals surface area (Å²) in [7, 11) is 0. The van der Waals surface area contributed by atoms with Gasteiger partial charge in [-0.25, -0.2) is 4.98 Å². The summed E-state index contributed by atoms with van der Waals surface area (Å²) >= 11 is 6.06. The molecule has 96 valence electrons. The van der Waals surface area contributed by atoms with Gasteiger partial charge in [0.25, 0.3) is 0 Å². The van der Waals surface area contributed by atoms with Gasteiger partial charge in [-0.1, -0.05) is 11.6 Å². The smallest absolute Gasteiger partial charge is 0.111 e. The van der Waals surface area contributed by atoms with Crippen molar-refractivity contribution in [3.63, 3.8) is 0 Å². The molecule has 4 heteroatoms. The summed E-state index contributed by atoms with van der Waals surface area (Å²) in [4.78, 5) is 4.72. The maximum atomic E-state index is 6.33. The van der Waals surface area contributed by atoms with Gasteiger partial charge in [-0.3, -0.25) is 0 Å².